The minimum absolute atomic E-state index is 1.69. The molecule has 2 heteroatoms. The van der Waals surface area contributed by atoms with E-state index in [9.17, 15) is 0 Å². The van der Waals surface area contributed by atoms with E-state index in [1.165, 1.54) is 0 Å². The molecule has 0 aliphatic carbocycles. The Hall–Kier alpha value is -0.503. The Morgan fingerprint density at radius 2 is 2.33 bits per heavy atom. The molecule has 0 bridgehead atoms. The van der Waals surface area contributed by atoms with Crippen molar-refractivity contribution in [3.8, 4) is 0 Å². The summed E-state index contributed by atoms with van der Waals surface area (Å²) in [6.45, 7) is 3.45. The van der Waals surface area contributed by atoms with Gasteiger partial charge in [-0.2, -0.15) is 0 Å². The molecule has 0 rings (SSSR count). The largest absolute Gasteiger partial charge is 0.419 e. The van der Waals surface area contributed by atoms with Crippen molar-refractivity contribution in [2.24, 2.45) is 0 Å². The van der Waals surface area contributed by atoms with Gasteiger partial charge in [0.1, 0.15) is 0 Å². The third-order valence-corrected chi connectivity index (χ3v) is 0.482. The second-order valence-corrected chi connectivity index (χ2v) is 1.03. The molecule has 1 nitrogen and oxygen atoms in total. The van der Waals surface area contributed by atoms with Gasteiger partial charge in [0.15, 0.2) is 10.4 Å². The molecular formula is C4H6NSi. The lowest BCUT2D eigenvalue weighted by atomic mass is 10.6. The average molecular weight is 96.2 g/mol. The van der Waals surface area contributed by atoms with Gasteiger partial charge >= 0.3 is 0 Å². The van der Waals surface area contributed by atoms with Gasteiger partial charge in [0.05, 0.1) is 0 Å². The summed E-state index contributed by atoms with van der Waals surface area (Å²) in [6, 6.07) is 0. The van der Waals surface area contributed by atoms with Gasteiger partial charge in [0, 0.05) is 0 Å². The Kier molecular flexibility index (Phi) is 4.12. The number of nitrogens with one attached hydrogen (secondary N) is 1. The van der Waals surface area contributed by atoms with Crippen LogP contribution in [0.4, 0.5) is 0 Å². The Labute approximate surface area is 41.3 Å². The molecule has 31 valence electrons. The highest BCUT2D eigenvalue weighted by atomic mass is 28.2. The topological polar surface area (TPSA) is 12.0 Å². The Morgan fingerprint density at radius 3 is 2.50 bits per heavy atom. The quantitative estimate of drug-likeness (QED) is 0.386. The second kappa shape index (κ2) is 4.50. The molecule has 1 N–H and O–H groups in total. The van der Waals surface area contributed by atoms with Gasteiger partial charge in [-0.1, -0.05) is 12.7 Å². The van der Waals surface area contributed by atoms with Crippen molar-refractivity contribution in [2.75, 3.05) is 0 Å². The minimum atomic E-state index is 1.69. The van der Waals surface area contributed by atoms with Crippen LogP contribution in [0.5, 0.6) is 0 Å². The molecular weight excluding hydrogens is 90.1 g/mol. The predicted molar refractivity (Wildman–Crippen MR) is 28.2 cm³/mol. The van der Waals surface area contributed by atoms with Crippen LogP contribution in [0.15, 0.2) is 24.9 Å². The van der Waals surface area contributed by atoms with Crippen LogP contribution < -0.4 is 4.98 Å². The summed E-state index contributed by atoms with van der Waals surface area (Å²) in [7, 11) is 3.01. The number of allylic oxidation sites excluding steroid dienone is 2. The summed E-state index contributed by atoms with van der Waals surface area (Å²) in [5, 5.41) is 0. The number of hydrogen-bond donors (Lipinski definition) is 1. The molecule has 0 aliphatic heterocycles. The Balaban J connectivity index is 2.94. The average Bonchev–Trinajstić information content (AvgIpc) is 1.61. The molecule has 0 aromatic rings. The maximum Gasteiger partial charge on any atom is 0.185 e. The first-order valence-electron chi connectivity index (χ1n) is 1.61. The van der Waals surface area contributed by atoms with Gasteiger partial charge in [-0.05, 0) is 12.3 Å². The van der Waals surface area contributed by atoms with Crippen LogP contribution in [0, 0.1) is 0 Å². The molecule has 0 heterocycles. The molecule has 0 saturated carbocycles. The smallest absolute Gasteiger partial charge is 0.185 e. The standard InChI is InChI=1S/C4H6NSi/c1-2-3-4-5-6/h2-5H,1H2. The Morgan fingerprint density at radius 1 is 1.67 bits per heavy atom. The van der Waals surface area contributed by atoms with Crippen LogP contribution in [-0.2, 0) is 0 Å². The van der Waals surface area contributed by atoms with E-state index in [0.29, 0.717) is 0 Å². The van der Waals surface area contributed by atoms with Crippen molar-refractivity contribution < 1.29 is 0 Å². The van der Waals surface area contributed by atoms with Gasteiger partial charge in [0.2, 0.25) is 0 Å². The first kappa shape index (κ1) is 5.50. The molecule has 0 atom stereocenters. The van der Waals surface area contributed by atoms with E-state index in [2.05, 4.69) is 22.0 Å². The fraction of sp³-hybridized carbons (Fsp3) is 0. The van der Waals surface area contributed by atoms with E-state index in [0.717, 1.165) is 0 Å². The Bertz CT molecular complexity index is 58.6. The SMILES string of the molecule is C=CC=CN[Si]. The van der Waals surface area contributed by atoms with Crippen LogP contribution in [0.1, 0.15) is 0 Å². The van der Waals surface area contributed by atoms with E-state index in [-0.39, 0.29) is 0 Å². The maximum absolute atomic E-state index is 3.45. The monoisotopic (exact) mass is 96.0 g/mol. The minimum Gasteiger partial charge on any atom is -0.419 e. The van der Waals surface area contributed by atoms with E-state index in [1.807, 2.05) is 0 Å². The molecule has 0 fully saturated rings. The normalized spacial score (nSPS) is 8.83. The predicted octanol–water partition coefficient (Wildman–Crippen LogP) is 0.359. The zero-order valence-corrected chi connectivity index (χ0v) is 4.44. The third-order valence-electron chi connectivity index (χ3n) is 0.316. The molecule has 0 amide bonds. The van der Waals surface area contributed by atoms with Gasteiger partial charge in [-0.25, -0.2) is 0 Å². The van der Waals surface area contributed by atoms with Gasteiger partial charge in [0.25, 0.3) is 0 Å². The number of rotatable bonds is 2. The lowest BCUT2D eigenvalue weighted by Crippen LogP contribution is -1.93. The fourth-order valence-corrected chi connectivity index (χ4v) is 0.212. The van der Waals surface area contributed by atoms with Crippen LogP contribution in [-0.4, -0.2) is 10.4 Å². The molecule has 3 radical (unpaired) electrons. The van der Waals surface area contributed by atoms with Crippen molar-refractivity contribution in [3.05, 3.63) is 24.9 Å². The van der Waals surface area contributed by atoms with Crippen LogP contribution >= 0.6 is 0 Å². The summed E-state index contributed by atoms with van der Waals surface area (Å²) in [6.07, 6.45) is 5.20. The second-order valence-electron chi connectivity index (χ2n) is 0.739. The summed E-state index contributed by atoms with van der Waals surface area (Å²) in [5.41, 5.74) is 0. The van der Waals surface area contributed by atoms with Gasteiger partial charge < -0.3 is 4.98 Å². The summed E-state index contributed by atoms with van der Waals surface area (Å²) in [5.74, 6) is 0. The maximum atomic E-state index is 3.45. The third kappa shape index (κ3) is 3.50. The van der Waals surface area contributed by atoms with Crippen molar-refractivity contribution in [1.29, 1.82) is 0 Å². The lowest BCUT2D eigenvalue weighted by Gasteiger charge is -1.75. The van der Waals surface area contributed by atoms with Gasteiger partial charge in [-0.3, -0.25) is 0 Å². The van der Waals surface area contributed by atoms with Crippen LogP contribution in [0.2, 0.25) is 0 Å². The van der Waals surface area contributed by atoms with Crippen molar-refractivity contribution >= 4 is 10.4 Å². The molecule has 0 spiro atoms. The molecule has 6 heavy (non-hydrogen) atoms. The zero-order valence-electron chi connectivity index (χ0n) is 3.44. The van der Waals surface area contributed by atoms with Crippen molar-refractivity contribution in [1.82, 2.24) is 4.98 Å². The summed E-state index contributed by atoms with van der Waals surface area (Å²) < 4.78 is 0. The van der Waals surface area contributed by atoms with E-state index >= 15 is 0 Å². The number of hydrogen-bond acceptors (Lipinski definition) is 1. The zero-order chi connectivity index (χ0) is 4.83. The molecule has 0 saturated heterocycles. The molecule has 0 aromatic carbocycles. The first-order valence-corrected chi connectivity index (χ1v) is 2.11. The van der Waals surface area contributed by atoms with Gasteiger partial charge in [-0.15, -0.1) is 0 Å². The van der Waals surface area contributed by atoms with E-state index in [1.54, 1.807) is 18.4 Å². The summed E-state index contributed by atoms with van der Waals surface area (Å²) in [4.78, 5) is 2.62. The highest BCUT2D eigenvalue weighted by molar-refractivity contribution is 6.05. The summed E-state index contributed by atoms with van der Waals surface area (Å²) >= 11 is 0. The fourth-order valence-electron chi connectivity index (χ4n) is 0.116. The van der Waals surface area contributed by atoms with Crippen LogP contribution in [0.25, 0.3) is 0 Å². The van der Waals surface area contributed by atoms with Crippen molar-refractivity contribution in [3.63, 3.8) is 0 Å². The molecule has 0 aromatic heterocycles. The lowest BCUT2D eigenvalue weighted by molar-refractivity contribution is 1.39. The van der Waals surface area contributed by atoms with Crippen LogP contribution in [0.3, 0.4) is 0 Å². The highest BCUT2D eigenvalue weighted by Gasteiger charge is 1.51. The highest BCUT2D eigenvalue weighted by Crippen LogP contribution is 1.61. The van der Waals surface area contributed by atoms with Crippen molar-refractivity contribution in [2.45, 2.75) is 0 Å². The van der Waals surface area contributed by atoms with E-state index in [4.69, 9.17) is 0 Å². The molecule has 0 aliphatic rings. The first-order chi connectivity index (χ1) is 2.91. The van der Waals surface area contributed by atoms with E-state index < -0.39 is 0 Å². The molecule has 0 unspecified atom stereocenters.